The van der Waals surface area contributed by atoms with Gasteiger partial charge >= 0.3 is 0 Å². The van der Waals surface area contributed by atoms with Gasteiger partial charge in [0.1, 0.15) is 5.82 Å². The first kappa shape index (κ1) is 14.1. The molecular weight excluding hydrogens is 210 g/mol. The van der Waals surface area contributed by atoms with Gasteiger partial charge in [0, 0.05) is 29.8 Å². The van der Waals surface area contributed by atoms with E-state index in [1.807, 2.05) is 13.0 Å². The Morgan fingerprint density at radius 2 is 1.82 bits per heavy atom. The molecule has 0 aliphatic heterocycles. The minimum absolute atomic E-state index is 0.198. The number of nitrogens with two attached hydrogens (primary N) is 1. The van der Waals surface area contributed by atoms with Gasteiger partial charge in [0.2, 0.25) is 0 Å². The molecule has 1 aromatic rings. The Morgan fingerprint density at radius 3 is 2.35 bits per heavy atom. The smallest absolute Gasteiger partial charge is 0.131 e. The van der Waals surface area contributed by atoms with Gasteiger partial charge in [0.15, 0.2) is 0 Å². The fourth-order valence-electron chi connectivity index (χ4n) is 1.98. The molecule has 0 saturated carbocycles. The van der Waals surface area contributed by atoms with E-state index >= 15 is 0 Å². The number of rotatable bonds is 5. The van der Waals surface area contributed by atoms with Gasteiger partial charge in [-0.05, 0) is 25.3 Å². The molecule has 0 radical (unpaired) electrons. The summed E-state index contributed by atoms with van der Waals surface area (Å²) in [5.74, 6) is 1.93. The highest BCUT2D eigenvalue weighted by molar-refractivity contribution is 5.12. The van der Waals surface area contributed by atoms with Crippen molar-refractivity contribution in [1.29, 1.82) is 0 Å². The van der Waals surface area contributed by atoms with Gasteiger partial charge in [-0.25, -0.2) is 9.97 Å². The van der Waals surface area contributed by atoms with Crippen LogP contribution in [0.1, 0.15) is 57.2 Å². The zero-order chi connectivity index (χ0) is 13.0. The lowest BCUT2D eigenvalue weighted by molar-refractivity contribution is 0.489. The zero-order valence-electron chi connectivity index (χ0n) is 11.7. The van der Waals surface area contributed by atoms with Gasteiger partial charge in [0.25, 0.3) is 0 Å². The summed E-state index contributed by atoms with van der Waals surface area (Å²) in [6.45, 7) is 10.7. The second-order valence-corrected chi connectivity index (χ2v) is 5.61. The van der Waals surface area contributed by atoms with Gasteiger partial charge < -0.3 is 5.73 Å². The minimum atomic E-state index is 0.198. The minimum Gasteiger partial charge on any atom is -0.327 e. The van der Waals surface area contributed by atoms with Crippen molar-refractivity contribution in [1.82, 2.24) is 9.97 Å². The van der Waals surface area contributed by atoms with Gasteiger partial charge in [-0.3, -0.25) is 0 Å². The molecule has 2 N–H and O–H groups in total. The monoisotopic (exact) mass is 235 g/mol. The van der Waals surface area contributed by atoms with Gasteiger partial charge in [0.05, 0.1) is 0 Å². The molecular formula is C14H25N3. The van der Waals surface area contributed by atoms with E-state index in [9.17, 15) is 0 Å². The maximum absolute atomic E-state index is 6.12. The average molecular weight is 235 g/mol. The van der Waals surface area contributed by atoms with Crippen LogP contribution < -0.4 is 5.73 Å². The molecule has 3 heteroatoms. The van der Waals surface area contributed by atoms with Crippen molar-refractivity contribution in [3.8, 4) is 0 Å². The molecule has 0 aliphatic rings. The van der Waals surface area contributed by atoms with E-state index in [2.05, 4.69) is 37.7 Å². The summed E-state index contributed by atoms with van der Waals surface area (Å²) in [5.41, 5.74) is 8.24. The Kier molecular flexibility index (Phi) is 5.06. The zero-order valence-corrected chi connectivity index (χ0v) is 11.7. The standard InChI is InChI=1S/C14H25N3/c1-9(2)6-12(15)8-13-7-11(5)16-14(17-13)10(3)4/h7,9-10,12H,6,8,15H2,1-5H3. The third-order valence-corrected chi connectivity index (χ3v) is 2.69. The summed E-state index contributed by atoms with van der Waals surface area (Å²) in [6.07, 6.45) is 1.89. The quantitative estimate of drug-likeness (QED) is 0.853. The molecule has 1 rings (SSSR count). The van der Waals surface area contributed by atoms with Crippen molar-refractivity contribution in [2.75, 3.05) is 0 Å². The Bertz CT molecular complexity index is 358. The van der Waals surface area contributed by atoms with Gasteiger partial charge in [-0.1, -0.05) is 27.7 Å². The molecule has 0 bridgehead atoms. The largest absolute Gasteiger partial charge is 0.327 e. The van der Waals surface area contributed by atoms with E-state index in [1.54, 1.807) is 0 Å². The normalized spacial score (nSPS) is 13.4. The van der Waals surface area contributed by atoms with E-state index in [1.165, 1.54) is 0 Å². The summed E-state index contributed by atoms with van der Waals surface area (Å²) in [4.78, 5) is 9.04. The molecule has 17 heavy (non-hydrogen) atoms. The predicted molar refractivity (Wildman–Crippen MR) is 72.0 cm³/mol. The predicted octanol–water partition coefficient (Wildman–Crippen LogP) is 2.82. The van der Waals surface area contributed by atoms with Crippen LogP contribution in [0.15, 0.2) is 6.07 Å². The van der Waals surface area contributed by atoms with Gasteiger partial charge in [-0.15, -0.1) is 0 Å². The van der Waals surface area contributed by atoms with Crippen LogP contribution in [-0.2, 0) is 6.42 Å². The maximum atomic E-state index is 6.12. The Labute approximate surface area is 105 Å². The molecule has 1 unspecified atom stereocenters. The Balaban J connectivity index is 2.77. The van der Waals surface area contributed by atoms with E-state index in [-0.39, 0.29) is 6.04 Å². The van der Waals surface area contributed by atoms with Crippen LogP contribution in [0.25, 0.3) is 0 Å². The second-order valence-electron chi connectivity index (χ2n) is 5.61. The van der Waals surface area contributed by atoms with Crippen molar-refractivity contribution in [3.63, 3.8) is 0 Å². The van der Waals surface area contributed by atoms with Crippen LogP contribution in [0.4, 0.5) is 0 Å². The number of hydrogen-bond acceptors (Lipinski definition) is 3. The van der Waals surface area contributed by atoms with E-state index in [0.717, 1.165) is 30.1 Å². The Morgan fingerprint density at radius 1 is 1.18 bits per heavy atom. The third-order valence-electron chi connectivity index (χ3n) is 2.69. The third kappa shape index (κ3) is 4.82. The molecule has 0 fully saturated rings. The first-order chi connectivity index (χ1) is 7.88. The number of hydrogen-bond donors (Lipinski definition) is 1. The summed E-state index contributed by atoms with van der Waals surface area (Å²) >= 11 is 0. The molecule has 3 nitrogen and oxygen atoms in total. The van der Waals surface area contributed by atoms with Gasteiger partial charge in [-0.2, -0.15) is 0 Å². The van der Waals surface area contributed by atoms with E-state index < -0.39 is 0 Å². The molecule has 0 amide bonds. The summed E-state index contributed by atoms with van der Waals surface area (Å²) in [6, 6.07) is 2.25. The highest BCUT2D eigenvalue weighted by atomic mass is 14.9. The average Bonchev–Trinajstić information content (AvgIpc) is 2.14. The highest BCUT2D eigenvalue weighted by Crippen LogP contribution is 2.13. The highest BCUT2D eigenvalue weighted by Gasteiger charge is 2.10. The molecule has 0 spiro atoms. The number of nitrogens with zero attached hydrogens (tertiary/aromatic N) is 2. The van der Waals surface area contributed by atoms with E-state index in [4.69, 9.17) is 5.73 Å². The van der Waals surface area contributed by atoms with Crippen molar-refractivity contribution in [3.05, 3.63) is 23.3 Å². The van der Waals surface area contributed by atoms with Crippen molar-refractivity contribution in [2.24, 2.45) is 11.7 Å². The van der Waals surface area contributed by atoms with E-state index in [0.29, 0.717) is 11.8 Å². The molecule has 1 atom stereocenters. The number of aryl methyl sites for hydroxylation is 1. The first-order valence-electron chi connectivity index (χ1n) is 6.48. The lowest BCUT2D eigenvalue weighted by atomic mass is 10.00. The van der Waals surface area contributed by atoms with Crippen molar-refractivity contribution >= 4 is 0 Å². The molecule has 0 aliphatic carbocycles. The maximum Gasteiger partial charge on any atom is 0.131 e. The van der Waals surface area contributed by atoms with Crippen molar-refractivity contribution in [2.45, 2.75) is 59.4 Å². The molecule has 0 aromatic carbocycles. The molecule has 0 saturated heterocycles. The summed E-state index contributed by atoms with van der Waals surface area (Å²) in [5, 5.41) is 0. The number of aromatic nitrogens is 2. The fourth-order valence-corrected chi connectivity index (χ4v) is 1.98. The van der Waals surface area contributed by atoms with Crippen molar-refractivity contribution < 1.29 is 0 Å². The SMILES string of the molecule is Cc1cc(CC(N)CC(C)C)nc(C(C)C)n1. The van der Waals surface area contributed by atoms with Crippen LogP contribution in [0.5, 0.6) is 0 Å². The topological polar surface area (TPSA) is 51.8 Å². The van der Waals surface area contributed by atoms with Crippen LogP contribution in [-0.4, -0.2) is 16.0 Å². The second kappa shape index (κ2) is 6.10. The summed E-state index contributed by atoms with van der Waals surface area (Å²) in [7, 11) is 0. The lowest BCUT2D eigenvalue weighted by Crippen LogP contribution is -2.25. The van der Waals surface area contributed by atoms with Crippen LogP contribution in [0.3, 0.4) is 0 Å². The molecule has 1 aromatic heterocycles. The fraction of sp³-hybridized carbons (Fsp3) is 0.714. The van der Waals surface area contributed by atoms with Crippen LogP contribution >= 0.6 is 0 Å². The van der Waals surface area contributed by atoms with Crippen LogP contribution in [0, 0.1) is 12.8 Å². The molecule has 96 valence electrons. The molecule has 1 heterocycles. The summed E-state index contributed by atoms with van der Waals surface area (Å²) < 4.78 is 0. The first-order valence-corrected chi connectivity index (χ1v) is 6.48. The van der Waals surface area contributed by atoms with Crippen LogP contribution in [0.2, 0.25) is 0 Å². The lowest BCUT2D eigenvalue weighted by Gasteiger charge is -2.15. The Hall–Kier alpha value is -0.960.